The fraction of sp³-hybridized carbons (Fsp3) is 0.400. The first kappa shape index (κ1) is 21.4. The number of rotatable bonds is 4. The Labute approximate surface area is 171 Å². The van der Waals surface area contributed by atoms with Gasteiger partial charge in [-0.25, -0.2) is 0 Å². The van der Waals surface area contributed by atoms with Gasteiger partial charge >= 0.3 is 6.18 Å². The number of amides is 1. The Kier molecular flexibility index (Phi) is 6.33. The minimum atomic E-state index is -4.75. The largest absolute Gasteiger partial charge is 0.421 e. The lowest BCUT2D eigenvalue weighted by Crippen LogP contribution is -2.50. The van der Waals surface area contributed by atoms with Crippen molar-refractivity contribution in [1.29, 1.82) is 0 Å². The molecule has 0 aliphatic carbocycles. The van der Waals surface area contributed by atoms with Gasteiger partial charge in [0.05, 0.1) is 0 Å². The smallest absolute Gasteiger partial charge is 0.339 e. The van der Waals surface area contributed by atoms with Crippen LogP contribution in [-0.4, -0.2) is 46.5 Å². The molecule has 1 unspecified atom stereocenters. The summed E-state index contributed by atoms with van der Waals surface area (Å²) in [5.74, 6) is -0.378. The van der Waals surface area contributed by atoms with E-state index in [-0.39, 0.29) is 11.9 Å². The summed E-state index contributed by atoms with van der Waals surface area (Å²) in [6.07, 6.45) is -3.55. The summed E-state index contributed by atoms with van der Waals surface area (Å²) in [6, 6.07) is 9.51. The van der Waals surface area contributed by atoms with Crippen LogP contribution in [0.2, 0.25) is 5.02 Å². The molecule has 0 saturated carbocycles. The molecule has 2 heterocycles. The van der Waals surface area contributed by atoms with Crippen LogP contribution in [0.5, 0.6) is 0 Å². The summed E-state index contributed by atoms with van der Waals surface area (Å²) in [4.78, 5) is 28.3. The van der Waals surface area contributed by atoms with Gasteiger partial charge in [0.1, 0.15) is 12.1 Å². The molecule has 156 valence electrons. The predicted molar refractivity (Wildman–Crippen MR) is 104 cm³/mol. The number of hydrogen-bond donors (Lipinski definition) is 0. The molecule has 3 rings (SSSR count). The highest BCUT2D eigenvalue weighted by Crippen LogP contribution is 2.28. The van der Waals surface area contributed by atoms with Crippen LogP contribution in [0.3, 0.4) is 0 Å². The number of benzene rings is 1. The van der Waals surface area contributed by atoms with Crippen molar-refractivity contribution in [3.8, 4) is 0 Å². The van der Waals surface area contributed by atoms with Crippen LogP contribution >= 0.6 is 11.6 Å². The summed E-state index contributed by atoms with van der Waals surface area (Å²) >= 11 is 6.26. The number of aromatic nitrogens is 1. The Balaban J connectivity index is 1.63. The summed E-state index contributed by atoms with van der Waals surface area (Å²) in [5, 5.41) is 0.683. The van der Waals surface area contributed by atoms with Crippen LogP contribution in [-0.2, 0) is 17.5 Å². The Bertz CT molecular complexity index is 937. The fourth-order valence-electron chi connectivity index (χ4n) is 3.49. The Hall–Kier alpha value is -2.32. The fourth-order valence-corrected chi connectivity index (χ4v) is 3.79. The number of halogens is 4. The quantitative estimate of drug-likeness (QED) is 0.751. The van der Waals surface area contributed by atoms with Gasteiger partial charge in [-0.1, -0.05) is 29.8 Å². The second kappa shape index (κ2) is 8.59. The van der Waals surface area contributed by atoms with Gasteiger partial charge in [0, 0.05) is 43.4 Å². The van der Waals surface area contributed by atoms with Crippen LogP contribution in [0, 0.1) is 0 Å². The molecule has 1 aromatic heterocycles. The van der Waals surface area contributed by atoms with E-state index in [1.807, 2.05) is 31.2 Å². The van der Waals surface area contributed by atoms with E-state index in [9.17, 15) is 22.8 Å². The summed E-state index contributed by atoms with van der Waals surface area (Å²) in [7, 11) is 0. The van der Waals surface area contributed by atoms with Gasteiger partial charge in [-0.05, 0) is 30.7 Å². The topological polar surface area (TPSA) is 45.5 Å². The molecule has 1 saturated heterocycles. The second-order valence-electron chi connectivity index (χ2n) is 6.97. The third kappa shape index (κ3) is 4.82. The zero-order valence-corrected chi connectivity index (χ0v) is 16.6. The molecule has 1 atom stereocenters. The molecule has 0 bridgehead atoms. The van der Waals surface area contributed by atoms with Gasteiger partial charge in [-0.2, -0.15) is 13.2 Å². The molecule has 0 N–H and O–H groups in total. The minimum Gasteiger partial charge on any atom is -0.339 e. The van der Waals surface area contributed by atoms with Gasteiger partial charge in [0.15, 0.2) is 0 Å². The van der Waals surface area contributed by atoms with E-state index in [1.165, 1.54) is 6.20 Å². The number of alkyl halides is 3. The zero-order valence-electron chi connectivity index (χ0n) is 15.8. The highest BCUT2D eigenvalue weighted by molar-refractivity contribution is 6.31. The van der Waals surface area contributed by atoms with Crippen molar-refractivity contribution in [2.75, 3.05) is 26.2 Å². The highest BCUT2D eigenvalue weighted by Gasteiger charge is 2.34. The lowest BCUT2D eigenvalue weighted by molar-refractivity contribution is -0.140. The third-order valence-corrected chi connectivity index (χ3v) is 5.55. The van der Waals surface area contributed by atoms with Gasteiger partial charge in [-0.3, -0.25) is 14.5 Å². The lowest BCUT2D eigenvalue weighted by Gasteiger charge is -2.38. The standard InChI is InChI=1S/C20H21ClF3N3O2/c1-14(15-5-2-3-7-17(15)21)25-9-11-26(12-10-25)18(28)13-27-8-4-6-16(19(27)29)20(22,23)24/h2-8,14H,9-13H2,1H3. The number of nitrogens with zero attached hydrogens (tertiary/aromatic N) is 3. The van der Waals surface area contributed by atoms with E-state index in [2.05, 4.69) is 4.90 Å². The van der Waals surface area contributed by atoms with Crippen molar-refractivity contribution < 1.29 is 18.0 Å². The van der Waals surface area contributed by atoms with Crippen molar-refractivity contribution in [2.24, 2.45) is 0 Å². The molecule has 1 aliphatic heterocycles. The summed E-state index contributed by atoms with van der Waals surface area (Å²) in [6.45, 7) is 3.71. The first-order valence-corrected chi connectivity index (χ1v) is 9.59. The maximum atomic E-state index is 12.9. The van der Waals surface area contributed by atoms with Crippen LogP contribution in [0.25, 0.3) is 0 Å². The molecule has 1 fully saturated rings. The van der Waals surface area contributed by atoms with Crippen LogP contribution in [0.4, 0.5) is 13.2 Å². The maximum Gasteiger partial charge on any atom is 0.421 e. The first-order chi connectivity index (χ1) is 13.7. The van der Waals surface area contributed by atoms with E-state index in [0.717, 1.165) is 22.3 Å². The molecule has 29 heavy (non-hydrogen) atoms. The van der Waals surface area contributed by atoms with E-state index in [0.29, 0.717) is 31.2 Å². The number of carbonyl (C=O) groups is 1. The van der Waals surface area contributed by atoms with Crippen molar-refractivity contribution in [3.63, 3.8) is 0 Å². The van der Waals surface area contributed by atoms with Gasteiger partial charge in [0.2, 0.25) is 5.91 Å². The molecule has 1 aliphatic rings. The van der Waals surface area contributed by atoms with E-state index >= 15 is 0 Å². The number of hydrogen-bond acceptors (Lipinski definition) is 3. The Morgan fingerprint density at radius 2 is 1.76 bits per heavy atom. The van der Waals surface area contributed by atoms with E-state index in [1.54, 1.807) is 4.90 Å². The monoisotopic (exact) mass is 427 g/mol. The predicted octanol–water partition coefficient (Wildman–Crippen LogP) is 3.43. The lowest BCUT2D eigenvalue weighted by atomic mass is 10.1. The maximum absolute atomic E-state index is 12.9. The molecular weight excluding hydrogens is 407 g/mol. The molecule has 2 aromatic rings. The molecule has 9 heteroatoms. The zero-order chi connectivity index (χ0) is 21.2. The molecular formula is C20H21ClF3N3O2. The van der Waals surface area contributed by atoms with E-state index in [4.69, 9.17) is 11.6 Å². The third-order valence-electron chi connectivity index (χ3n) is 5.20. The number of piperazine rings is 1. The van der Waals surface area contributed by atoms with Crippen molar-refractivity contribution in [1.82, 2.24) is 14.4 Å². The first-order valence-electron chi connectivity index (χ1n) is 9.21. The SMILES string of the molecule is CC(c1ccccc1Cl)N1CCN(C(=O)Cn2cccc(C(F)(F)F)c2=O)CC1. The van der Waals surface area contributed by atoms with Crippen molar-refractivity contribution in [2.45, 2.75) is 25.7 Å². The van der Waals surface area contributed by atoms with Gasteiger partial charge in [0.25, 0.3) is 5.56 Å². The Morgan fingerprint density at radius 3 is 2.38 bits per heavy atom. The van der Waals surface area contributed by atoms with Crippen LogP contribution in [0.15, 0.2) is 47.4 Å². The van der Waals surface area contributed by atoms with Crippen LogP contribution in [0.1, 0.15) is 24.1 Å². The van der Waals surface area contributed by atoms with Gasteiger partial charge < -0.3 is 9.47 Å². The highest BCUT2D eigenvalue weighted by atomic mass is 35.5. The average molecular weight is 428 g/mol. The molecule has 1 aromatic carbocycles. The summed E-state index contributed by atoms with van der Waals surface area (Å²) in [5.41, 5.74) is -1.48. The molecule has 0 spiro atoms. The van der Waals surface area contributed by atoms with Gasteiger partial charge in [-0.15, -0.1) is 0 Å². The Morgan fingerprint density at radius 1 is 1.10 bits per heavy atom. The van der Waals surface area contributed by atoms with Crippen molar-refractivity contribution >= 4 is 17.5 Å². The molecule has 0 radical (unpaired) electrons. The minimum absolute atomic E-state index is 0.0760. The molecule has 1 amide bonds. The summed E-state index contributed by atoms with van der Waals surface area (Å²) < 4.78 is 39.5. The average Bonchev–Trinajstić information content (AvgIpc) is 2.68. The van der Waals surface area contributed by atoms with Crippen LogP contribution < -0.4 is 5.56 Å². The number of carbonyl (C=O) groups excluding carboxylic acids is 1. The number of pyridine rings is 1. The second-order valence-corrected chi connectivity index (χ2v) is 7.37. The van der Waals surface area contributed by atoms with E-state index < -0.39 is 23.8 Å². The molecule has 5 nitrogen and oxygen atoms in total. The normalized spacial score (nSPS) is 16.7. The van der Waals surface area contributed by atoms with Crippen molar-refractivity contribution in [3.05, 3.63) is 69.1 Å².